The normalized spacial score (nSPS) is 16.6. The van der Waals surface area contributed by atoms with Gasteiger partial charge in [-0.25, -0.2) is 4.98 Å². The molecule has 1 aromatic carbocycles. The Bertz CT molecular complexity index is 1180. The second kappa shape index (κ2) is 7.44. The molecular formula is C21H21N3O4S. The van der Waals surface area contributed by atoms with E-state index in [1.165, 1.54) is 21.8 Å². The molecule has 29 heavy (non-hydrogen) atoms. The number of anilines is 1. The van der Waals surface area contributed by atoms with Gasteiger partial charge in [-0.2, -0.15) is 0 Å². The van der Waals surface area contributed by atoms with Gasteiger partial charge in [0.25, 0.3) is 5.56 Å². The molecule has 3 aromatic rings. The van der Waals surface area contributed by atoms with Gasteiger partial charge in [-0.05, 0) is 38.0 Å². The van der Waals surface area contributed by atoms with Crippen LogP contribution in [0.15, 0.2) is 34.4 Å². The molecule has 0 bridgehead atoms. The van der Waals surface area contributed by atoms with Crippen LogP contribution in [0.5, 0.6) is 0 Å². The van der Waals surface area contributed by atoms with E-state index in [0.29, 0.717) is 17.2 Å². The molecule has 0 N–H and O–H groups in total. The first-order valence-electron chi connectivity index (χ1n) is 9.35. The van der Waals surface area contributed by atoms with E-state index < -0.39 is 11.9 Å². The van der Waals surface area contributed by atoms with Crippen LogP contribution in [0.1, 0.15) is 28.9 Å². The number of aromatic nitrogens is 2. The zero-order valence-corrected chi connectivity index (χ0v) is 17.3. The van der Waals surface area contributed by atoms with Crippen molar-refractivity contribution in [3.63, 3.8) is 0 Å². The molecular weight excluding hydrogens is 390 g/mol. The number of nitrogens with zero attached hydrogens (tertiary/aromatic N) is 3. The zero-order chi connectivity index (χ0) is 20.7. The molecule has 4 rings (SSSR count). The topological polar surface area (TPSA) is 81.0 Å². The van der Waals surface area contributed by atoms with Crippen LogP contribution < -0.4 is 10.5 Å². The number of aryl methyl sites for hydroxylation is 2. The van der Waals surface area contributed by atoms with E-state index in [4.69, 9.17) is 4.74 Å². The van der Waals surface area contributed by atoms with Crippen LogP contribution >= 0.6 is 11.3 Å². The average Bonchev–Trinajstić information content (AvgIpc) is 3.25. The number of hydrogen-bond donors (Lipinski definition) is 0. The molecule has 1 saturated heterocycles. The quantitative estimate of drug-likeness (QED) is 0.617. The van der Waals surface area contributed by atoms with Crippen molar-refractivity contribution in [1.82, 2.24) is 9.38 Å². The SMILES string of the molecule is Cc1cccc(N2C[C@@H](C(=O)OCc3cc(=O)n4c(C)csc4n3)CC2=O)c1C. The van der Waals surface area contributed by atoms with E-state index in [1.54, 1.807) is 4.90 Å². The molecule has 1 atom stereocenters. The molecule has 0 aliphatic carbocycles. The van der Waals surface area contributed by atoms with Gasteiger partial charge < -0.3 is 9.64 Å². The Kier molecular flexibility index (Phi) is 4.96. The molecule has 8 heteroatoms. The second-order valence-corrected chi connectivity index (χ2v) is 8.15. The maximum Gasteiger partial charge on any atom is 0.311 e. The summed E-state index contributed by atoms with van der Waals surface area (Å²) in [5, 5.41) is 1.85. The lowest BCUT2D eigenvalue weighted by atomic mass is 10.1. The number of benzene rings is 1. The lowest BCUT2D eigenvalue weighted by molar-refractivity contribution is -0.149. The van der Waals surface area contributed by atoms with Gasteiger partial charge in [0, 0.05) is 35.8 Å². The lowest BCUT2D eigenvalue weighted by Gasteiger charge is -2.20. The summed E-state index contributed by atoms with van der Waals surface area (Å²) in [6.07, 6.45) is 0.117. The highest BCUT2D eigenvalue weighted by molar-refractivity contribution is 7.15. The minimum atomic E-state index is -0.531. The highest BCUT2D eigenvalue weighted by Gasteiger charge is 2.36. The third-order valence-corrected chi connectivity index (χ3v) is 6.26. The van der Waals surface area contributed by atoms with E-state index in [0.717, 1.165) is 22.5 Å². The Hall–Kier alpha value is -3.00. The van der Waals surface area contributed by atoms with E-state index in [2.05, 4.69) is 4.98 Å². The molecule has 1 fully saturated rings. The number of hydrogen-bond acceptors (Lipinski definition) is 6. The molecule has 1 aliphatic rings. The third-order valence-electron chi connectivity index (χ3n) is 5.32. The average molecular weight is 411 g/mol. The Morgan fingerprint density at radius 3 is 2.86 bits per heavy atom. The van der Waals surface area contributed by atoms with Gasteiger partial charge in [-0.15, -0.1) is 11.3 Å². The Balaban J connectivity index is 1.45. The fraction of sp³-hybridized carbons (Fsp3) is 0.333. The number of fused-ring (bicyclic) bond motifs is 1. The van der Waals surface area contributed by atoms with Gasteiger partial charge in [-0.1, -0.05) is 12.1 Å². The van der Waals surface area contributed by atoms with Crippen molar-refractivity contribution in [3.8, 4) is 0 Å². The molecule has 0 saturated carbocycles. The molecule has 3 heterocycles. The van der Waals surface area contributed by atoms with Crippen molar-refractivity contribution in [2.45, 2.75) is 33.8 Å². The van der Waals surface area contributed by atoms with Crippen LogP contribution in [0.2, 0.25) is 0 Å². The van der Waals surface area contributed by atoms with Crippen LogP contribution in [0, 0.1) is 26.7 Å². The second-order valence-electron chi connectivity index (χ2n) is 7.31. The highest BCUT2D eigenvalue weighted by atomic mass is 32.1. The van der Waals surface area contributed by atoms with E-state index in [-0.39, 0.29) is 24.5 Å². The van der Waals surface area contributed by atoms with Crippen LogP contribution in [-0.4, -0.2) is 27.8 Å². The fourth-order valence-corrected chi connectivity index (χ4v) is 4.45. The summed E-state index contributed by atoms with van der Waals surface area (Å²) < 4.78 is 6.91. The molecule has 1 aliphatic heterocycles. The van der Waals surface area contributed by atoms with Crippen molar-refractivity contribution < 1.29 is 14.3 Å². The minimum Gasteiger partial charge on any atom is -0.459 e. The van der Waals surface area contributed by atoms with Gasteiger partial charge in [0.05, 0.1) is 11.6 Å². The number of amides is 1. The summed E-state index contributed by atoms with van der Waals surface area (Å²) in [6.45, 7) is 6.00. The number of ether oxygens (including phenoxy) is 1. The summed E-state index contributed by atoms with van der Waals surface area (Å²) in [6, 6.07) is 7.17. The van der Waals surface area contributed by atoms with Crippen LogP contribution in [0.3, 0.4) is 0 Å². The first-order valence-corrected chi connectivity index (χ1v) is 10.2. The maximum atomic E-state index is 12.5. The Morgan fingerprint density at radius 2 is 2.07 bits per heavy atom. The lowest BCUT2D eigenvalue weighted by Crippen LogP contribution is -2.27. The molecule has 1 amide bonds. The predicted octanol–water partition coefficient (Wildman–Crippen LogP) is 2.78. The first-order chi connectivity index (χ1) is 13.8. The molecule has 150 valence electrons. The summed E-state index contributed by atoms with van der Waals surface area (Å²) in [4.78, 5) is 43.8. The summed E-state index contributed by atoms with van der Waals surface area (Å²) in [5.74, 6) is -1.07. The Morgan fingerprint density at radius 1 is 1.28 bits per heavy atom. The van der Waals surface area contributed by atoms with Gasteiger partial charge in [0.2, 0.25) is 5.91 Å². The molecule has 0 radical (unpaired) electrons. The molecule has 0 spiro atoms. The van der Waals surface area contributed by atoms with Crippen molar-refractivity contribution in [2.24, 2.45) is 5.92 Å². The Labute approximate surface area is 171 Å². The van der Waals surface area contributed by atoms with Gasteiger partial charge in [0.15, 0.2) is 4.96 Å². The summed E-state index contributed by atoms with van der Waals surface area (Å²) in [5.41, 5.74) is 3.98. The number of carbonyl (C=O) groups is 2. The summed E-state index contributed by atoms with van der Waals surface area (Å²) in [7, 11) is 0. The number of carbonyl (C=O) groups excluding carboxylic acids is 2. The van der Waals surface area contributed by atoms with Crippen molar-refractivity contribution >= 4 is 33.9 Å². The monoisotopic (exact) mass is 411 g/mol. The minimum absolute atomic E-state index is 0.0876. The standard InChI is InChI=1S/C21H21N3O4S/c1-12-5-4-6-17(14(12)3)23-9-15(7-18(23)25)20(27)28-10-16-8-19(26)24-13(2)11-29-21(24)22-16/h4-6,8,11,15H,7,9-10H2,1-3H3/t15-/m0/s1. The molecule has 7 nitrogen and oxygen atoms in total. The zero-order valence-electron chi connectivity index (χ0n) is 16.5. The van der Waals surface area contributed by atoms with E-state index in [9.17, 15) is 14.4 Å². The largest absolute Gasteiger partial charge is 0.459 e. The first kappa shape index (κ1) is 19.3. The van der Waals surface area contributed by atoms with Crippen molar-refractivity contribution in [3.05, 3.63) is 62.5 Å². The van der Waals surface area contributed by atoms with Crippen molar-refractivity contribution in [2.75, 3.05) is 11.4 Å². The van der Waals surface area contributed by atoms with Gasteiger partial charge in [0.1, 0.15) is 6.61 Å². The van der Waals surface area contributed by atoms with Crippen LogP contribution in [-0.2, 0) is 20.9 Å². The molecule has 0 unspecified atom stereocenters. The summed E-state index contributed by atoms with van der Waals surface area (Å²) >= 11 is 1.36. The predicted molar refractivity (Wildman–Crippen MR) is 110 cm³/mol. The highest BCUT2D eigenvalue weighted by Crippen LogP contribution is 2.30. The van der Waals surface area contributed by atoms with Crippen LogP contribution in [0.25, 0.3) is 4.96 Å². The van der Waals surface area contributed by atoms with Crippen LogP contribution in [0.4, 0.5) is 5.69 Å². The van der Waals surface area contributed by atoms with E-state index in [1.807, 2.05) is 44.4 Å². The maximum absolute atomic E-state index is 12.5. The third kappa shape index (κ3) is 3.55. The van der Waals surface area contributed by atoms with Gasteiger partial charge in [-0.3, -0.25) is 18.8 Å². The fourth-order valence-electron chi connectivity index (χ4n) is 3.56. The van der Waals surface area contributed by atoms with E-state index >= 15 is 0 Å². The van der Waals surface area contributed by atoms with Gasteiger partial charge >= 0.3 is 5.97 Å². The number of rotatable bonds is 4. The molecule has 2 aromatic heterocycles. The smallest absolute Gasteiger partial charge is 0.311 e. The van der Waals surface area contributed by atoms with Crippen molar-refractivity contribution in [1.29, 1.82) is 0 Å². The number of esters is 1. The number of thiazole rings is 1.